The predicted molar refractivity (Wildman–Crippen MR) is 83.1 cm³/mol. The van der Waals surface area contributed by atoms with Crippen LogP contribution < -0.4 is 10.5 Å². The third-order valence-electron chi connectivity index (χ3n) is 2.54. The summed E-state index contributed by atoms with van der Waals surface area (Å²) in [6.45, 7) is 0. The first-order valence-electron chi connectivity index (χ1n) is 5.43. The van der Waals surface area contributed by atoms with E-state index in [4.69, 9.17) is 40.5 Å². The van der Waals surface area contributed by atoms with Gasteiger partial charge in [-0.05, 0) is 30.3 Å². The SMILES string of the molecule is Nc1ccc(NS(=O)(=O)c2ccc(Cl)c(F)c2Cl)cc1Cl. The maximum absolute atomic E-state index is 13.6. The first-order chi connectivity index (χ1) is 9.72. The molecule has 0 aliphatic carbocycles. The molecule has 2 aromatic rings. The Morgan fingerprint density at radius 1 is 1.05 bits per heavy atom. The second-order valence-corrected chi connectivity index (χ2v) is 6.86. The summed E-state index contributed by atoms with van der Waals surface area (Å²) < 4.78 is 40.2. The summed E-state index contributed by atoms with van der Waals surface area (Å²) in [5.41, 5.74) is 6.00. The molecule has 0 atom stereocenters. The van der Waals surface area contributed by atoms with Gasteiger partial charge in [0, 0.05) is 0 Å². The van der Waals surface area contributed by atoms with Crippen LogP contribution in [0.1, 0.15) is 0 Å². The van der Waals surface area contributed by atoms with Crippen molar-refractivity contribution in [2.75, 3.05) is 10.5 Å². The lowest BCUT2D eigenvalue weighted by Crippen LogP contribution is -2.14. The Morgan fingerprint density at radius 2 is 1.71 bits per heavy atom. The standard InChI is InChI=1S/C12H8Cl3FN2O2S/c13-7-2-4-10(11(15)12(7)16)21(19,20)18-6-1-3-9(17)8(14)5-6/h1-5,18H,17H2. The molecule has 4 nitrogen and oxygen atoms in total. The Hall–Kier alpha value is -1.21. The largest absolute Gasteiger partial charge is 0.398 e. The number of rotatable bonds is 3. The van der Waals surface area contributed by atoms with Gasteiger partial charge in [0.05, 0.1) is 26.4 Å². The molecule has 0 unspecified atom stereocenters. The lowest BCUT2D eigenvalue weighted by molar-refractivity contribution is 0.595. The Kier molecular flexibility index (Phi) is 4.53. The first kappa shape index (κ1) is 16.2. The number of halogens is 4. The summed E-state index contributed by atoms with van der Waals surface area (Å²) in [6, 6.07) is 6.39. The van der Waals surface area contributed by atoms with E-state index >= 15 is 0 Å². The van der Waals surface area contributed by atoms with Crippen molar-refractivity contribution in [3.05, 3.63) is 51.2 Å². The molecule has 2 aromatic carbocycles. The van der Waals surface area contributed by atoms with Gasteiger partial charge in [0.15, 0.2) is 5.82 Å². The molecule has 0 bridgehead atoms. The highest BCUT2D eigenvalue weighted by Gasteiger charge is 2.22. The third-order valence-corrected chi connectivity index (χ3v) is 5.07. The first-order valence-corrected chi connectivity index (χ1v) is 8.05. The van der Waals surface area contributed by atoms with Crippen molar-refractivity contribution in [3.63, 3.8) is 0 Å². The van der Waals surface area contributed by atoms with Crippen LogP contribution in [0.15, 0.2) is 35.2 Å². The van der Waals surface area contributed by atoms with Crippen LogP contribution >= 0.6 is 34.8 Å². The summed E-state index contributed by atoms with van der Waals surface area (Å²) in [6.07, 6.45) is 0. The quantitative estimate of drug-likeness (QED) is 0.630. The van der Waals surface area contributed by atoms with Crippen molar-refractivity contribution in [2.24, 2.45) is 0 Å². The van der Waals surface area contributed by atoms with E-state index in [-0.39, 0.29) is 15.7 Å². The molecule has 0 saturated heterocycles. The van der Waals surface area contributed by atoms with Crippen molar-refractivity contribution in [1.82, 2.24) is 0 Å². The van der Waals surface area contributed by atoms with Gasteiger partial charge in [-0.15, -0.1) is 0 Å². The number of benzene rings is 2. The molecule has 0 heterocycles. The van der Waals surface area contributed by atoms with Crippen molar-refractivity contribution in [1.29, 1.82) is 0 Å². The lowest BCUT2D eigenvalue weighted by atomic mass is 10.3. The summed E-state index contributed by atoms with van der Waals surface area (Å²) in [5, 5.41) is -0.672. The molecule has 21 heavy (non-hydrogen) atoms. The Labute approximate surface area is 135 Å². The molecule has 112 valence electrons. The van der Waals surface area contributed by atoms with Gasteiger partial charge in [0.1, 0.15) is 4.90 Å². The van der Waals surface area contributed by atoms with Crippen molar-refractivity contribution >= 4 is 56.2 Å². The van der Waals surface area contributed by atoms with Crippen LogP contribution in [0.4, 0.5) is 15.8 Å². The minimum Gasteiger partial charge on any atom is -0.398 e. The van der Waals surface area contributed by atoms with Crippen molar-refractivity contribution in [3.8, 4) is 0 Å². The van der Waals surface area contributed by atoms with Crippen LogP contribution in [0.5, 0.6) is 0 Å². The van der Waals surface area contributed by atoms with E-state index in [0.717, 1.165) is 12.1 Å². The average Bonchev–Trinajstić information content (AvgIpc) is 2.39. The van der Waals surface area contributed by atoms with E-state index in [0.29, 0.717) is 5.69 Å². The van der Waals surface area contributed by atoms with E-state index < -0.39 is 25.8 Å². The Balaban J connectivity index is 2.43. The van der Waals surface area contributed by atoms with Crippen LogP contribution in [0.3, 0.4) is 0 Å². The Bertz CT molecular complexity index is 812. The van der Waals surface area contributed by atoms with E-state index in [2.05, 4.69) is 4.72 Å². The zero-order valence-corrected chi connectivity index (χ0v) is 13.3. The van der Waals surface area contributed by atoms with Crippen LogP contribution in [-0.4, -0.2) is 8.42 Å². The monoisotopic (exact) mass is 368 g/mol. The molecule has 2 rings (SSSR count). The highest BCUT2D eigenvalue weighted by molar-refractivity contribution is 7.92. The van der Waals surface area contributed by atoms with Gasteiger partial charge in [-0.1, -0.05) is 34.8 Å². The zero-order valence-electron chi connectivity index (χ0n) is 10.2. The van der Waals surface area contributed by atoms with Gasteiger partial charge in [0.2, 0.25) is 0 Å². The fourth-order valence-corrected chi connectivity index (χ4v) is 3.49. The van der Waals surface area contributed by atoms with Gasteiger partial charge in [-0.3, -0.25) is 4.72 Å². The maximum atomic E-state index is 13.6. The van der Waals surface area contributed by atoms with E-state index in [1.165, 1.54) is 18.2 Å². The summed E-state index contributed by atoms with van der Waals surface area (Å²) in [4.78, 5) is -0.431. The Morgan fingerprint density at radius 3 is 2.33 bits per heavy atom. The molecule has 9 heteroatoms. The number of nitrogen functional groups attached to an aromatic ring is 1. The van der Waals surface area contributed by atoms with Crippen LogP contribution in [0.25, 0.3) is 0 Å². The molecule has 0 aromatic heterocycles. The third kappa shape index (κ3) is 3.35. The maximum Gasteiger partial charge on any atom is 0.263 e. The van der Waals surface area contributed by atoms with Gasteiger partial charge in [0.25, 0.3) is 10.0 Å². The molecule has 0 amide bonds. The summed E-state index contributed by atoms with van der Waals surface area (Å²) >= 11 is 17.0. The van der Waals surface area contributed by atoms with Gasteiger partial charge in [-0.2, -0.15) is 0 Å². The molecule has 0 aliphatic heterocycles. The molecule has 0 fully saturated rings. The van der Waals surface area contributed by atoms with Gasteiger partial charge < -0.3 is 5.73 Å². The van der Waals surface area contributed by atoms with Gasteiger partial charge >= 0.3 is 0 Å². The lowest BCUT2D eigenvalue weighted by Gasteiger charge is -2.11. The predicted octanol–water partition coefficient (Wildman–Crippen LogP) is 4.17. The second-order valence-electron chi connectivity index (χ2n) is 4.02. The van der Waals surface area contributed by atoms with Crippen molar-refractivity contribution < 1.29 is 12.8 Å². The number of hydrogen-bond donors (Lipinski definition) is 2. The zero-order chi connectivity index (χ0) is 15.8. The molecule has 0 radical (unpaired) electrons. The molecule has 3 N–H and O–H groups in total. The van der Waals surface area contributed by atoms with E-state index in [9.17, 15) is 12.8 Å². The molecule has 0 saturated carbocycles. The summed E-state index contributed by atoms with van der Waals surface area (Å²) in [5.74, 6) is -1.00. The molecular formula is C12H8Cl3FN2O2S. The number of nitrogens with one attached hydrogen (secondary N) is 1. The topological polar surface area (TPSA) is 72.2 Å². The molecule has 0 aliphatic rings. The van der Waals surface area contributed by atoms with Crippen LogP contribution in [-0.2, 0) is 10.0 Å². The smallest absolute Gasteiger partial charge is 0.263 e. The fraction of sp³-hybridized carbons (Fsp3) is 0. The minimum atomic E-state index is -4.09. The van der Waals surface area contributed by atoms with Crippen molar-refractivity contribution in [2.45, 2.75) is 4.90 Å². The highest BCUT2D eigenvalue weighted by Crippen LogP contribution is 2.31. The van der Waals surface area contributed by atoms with E-state index in [1.54, 1.807) is 0 Å². The minimum absolute atomic E-state index is 0.167. The summed E-state index contributed by atoms with van der Waals surface area (Å²) in [7, 11) is -4.09. The second kappa shape index (κ2) is 5.88. The average molecular weight is 370 g/mol. The number of sulfonamides is 1. The molecule has 0 spiro atoms. The fourth-order valence-electron chi connectivity index (χ4n) is 1.52. The molecular weight excluding hydrogens is 362 g/mol. The van der Waals surface area contributed by atoms with Crippen LogP contribution in [0, 0.1) is 5.82 Å². The normalized spacial score (nSPS) is 11.4. The van der Waals surface area contributed by atoms with E-state index in [1.807, 2.05) is 0 Å². The highest BCUT2D eigenvalue weighted by atomic mass is 35.5. The van der Waals surface area contributed by atoms with Gasteiger partial charge in [-0.25, -0.2) is 12.8 Å². The van der Waals surface area contributed by atoms with Crippen LogP contribution in [0.2, 0.25) is 15.1 Å². The number of nitrogens with two attached hydrogens (primary N) is 1. The number of hydrogen-bond acceptors (Lipinski definition) is 3. The number of anilines is 2.